The van der Waals surface area contributed by atoms with E-state index >= 15 is 0 Å². The number of amides is 1. The number of benzene rings is 1. The third kappa shape index (κ3) is 3.08. The van der Waals surface area contributed by atoms with Gasteiger partial charge in [0.25, 0.3) is 5.91 Å². The van der Waals surface area contributed by atoms with Gasteiger partial charge >= 0.3 is 0 Å². The number of carbonyl (C=O) groups is 1. The lowest BCUT2D eigenvalue weighted by molar-refractivity contribution is 0.0698. The van der Waals surface area contributed by atoms with Crippen molar-refractivity contribution in [3.63, 3.8) is 0 Å². The number of fused-ring (bicyclic) bond motifs is 2. The summed E-state index contributed by atoms with van der Waals surface area (Å²) in [5, 5.41) is 4.66. The van der Waals surface area contributed by atoms with Gasteiger partial charge in [-0.1, -0.05) is 49.7 Å². The molecule has 2 heterocycles. The molecule has 4 nitrogen and oxygen atoms in total. The summed E-state index contributed by atoms with van der Waals surface area (Å²) >= 11 is 6.03. The van der Waals surface area contributed by atoms with E-state index in [2.05, 4.69) is 25.9 Å². The van der Waals surface area contributed by atoms with Crippen LogP contribution < -0.4 is 0 Å². The summed E-state index contributed by atoms with van der Waals surface area (Å²) in [5.41, 5.74) is 1.69. The van der Waals surface area contributed by atoms with Crippen molar-refractivity contribution >= 4 is 17.5 Å². The lowest BCUT2D eigenvalue weighted by Crippen LogP contribution is -2.37. The maximum atomic E-state index is 13.0. The Morgan fingerprint density at radius 3 is 2.84 bits per heavy atom. The monoisotopic (exact) mass is 358 g/mol. The molecule has 2 aliphatic rings. The Morgan fingerprint density at radius 1 is 1.28 bits per heavy atom. The van der Waals surface area contributed by atoms with Crippen molar-refractivity contribution in [1.29, 1.82) is 0 Å². The van der Waals surface area contributed by atoms with Crippen molar-refractivity contribution in [2.45, 2.75) is 46.1 Å². The van der Waals surface area contributed by atoms with E-state index < -0.39 is 0 Å². The van der Waals surface area contributed by atoms with Gasteiger partial charge in [0.05, 0.1) is 0 Å². The van der Waals surface area contributed by atoms with E-state index in [9.17, 15) is 4.79 Å². The predicted molar refractivity (Wildman–Crippen MR) is 97.5 cm³/mol. The van der Waals surface area contributed by atoms with Crippen LogP contribution in [0.4, 0.5) is 0 Å². The average molecular weight is 359 g/mol. The first kappa shape index (κ1) is 16.6. The quantitative estimate of drug-likeness (QED) is 0.755. The van der Waals surface area contributed by atoms with Crippen molar-refractivity contribution in [3.05, 3.63) is 41.0 Å². The van der Waals surface area contributed by atoms with Crippen LogP contribution in [0.2, 0.25) is 5.02 Å². The number of carbonyl (C=O) groups excluding carboxylic acids is 1. The second-order valence-electron chi connectivity index (χ2n) is 8.73. The van der Waals surface area contributed by atoms with Crippen molar-refractivity contribution in [2.75, 3.05) is 6.54 Å². The Morgan fingerprint density at radius 2 is 2.08 bits per heavy atom. The van der Waals surface area contributed by atoms with Crippen molar-refractivity contribution < 1.29 is 9.32 Å². The van der Waals surface area contributed by atoms with E-state index in [1.807, 2.05) is 23.1 Å². The third-order valence-corrected chi connectivity index (χ3v) is 5.75. The molecular formula is C20H23ClN2O2. The Kier molecular flexibility index (Phi) is 3.73. The Bertz CT molecular complexity index is 829. The van der Waals surface area contributed by atoms with Gasteiger partial charge in [0, 0.05) is 29.2 Å². The summed E-state index contributed by atoms with van der Waals surface area (Å²) in [4.78, 5) is 15.0. The van der Waals surface area contributed by atoms with Gasteiger partial charge in [0.2, 0.25) is 0 Å². The topological polar surface area (TPSA) is 46.3 Å². The van der Waals surface area contributed by atoms with Crippen molar-refractivity contribution in [1.82, 2.24) is 10.1 Å². The minimum Gasteiger partial charge on any atom is -0.355 e. The fraction of sp³-hybridized carbons (Fsp3) is 0.500. The molecule has 2 aromatic rings. The second-order valence-corrected chi connectivity index (χ2v) is 9.17. The van der Waals surface area contributed by atoms with Crippen LogP contribution in [0.15, 0.2) is 34.9 Å². The van der Waals surface area contributed by atoms with Gasteiger partial charge in [-0.05, 0) is 42.2 Å². The van der Waals surface area contributed by atoms with Crippen LogP contribution in [0, 0.1) is 10.8 Å². The molecule has 132 valence electrons. The first-order valence-electron chi connectivity index (χ1n) is 8.78. The number of likely N-dealkylation sites (tertiary alicyclic amines) is 1. The minimum absolute atomic E-state index is 0.0246. The zero-order chi connectivity index (χ0) is 17.8. The van der Waals surface area contributed by atoms with E-state index in [0.29, 0.717) is 22.5 Å². The van der Waals surface area contributed by atoms with Gasteiger partial charge in [-0.3, -0.25) is 4.79 Å². The highest BCUT2D eigenvalue weighted by molar-refractivity contribution is 6.30. The van der Waals surface area contributed by atoms with E-state index in [1.54, 1.807) is 12.1 Å². The van der Waals surface area contributed by atoms with Gasteiger partial charge in [-0.15, -0.1) is 0 Å². The highest BCUT2D eigenvalue weighted by Gasteiger charge is 2.51. The Hall–Kier alpha value is -1.81. The van der Waals surface area contributed by atoms with Crippen LogP contribution in [0.5, 0.6) is 0 Å². The molecule has 0 spiro atoms. The molecule has 1 aliphatic carbocycles. The van der Waals surface area contributed by atoms with Crippen LogP contribution >= 0.6 is 11.6 Å². The Labute approximate surface area is 153 Å². The molecule has 2 bridgehead atoms. The second kappa shape index (κ2) is 5.60. The molecule has 0 unspecified atom stereocenters. The summed E-state index contributed by atoms with van der Waals surface area (Å²) in [7, 11) is 0. The van der Waals surface area contributed by atoms with Crippen LogP contribution in [-0.4, -0.2) is 28.6 Å². The maximum absolute atomic E-state index is 13.0. The third-order valence-electron chi connectivity index (χ3n) is 5.51. The van der Waals surface area contributed by atoms with Crippen molar-refractivity contribution in [2.24, 2.45) is 10.8 Å². The number of hydrogen-bond donors (Lipinski definition) is 0. The summed E-state index contributed by atoms with van der Waals surface area (Å²) < 4.78 is 5.41. The normalized spacial score (nSPS) is 27.5. The molecule has 1 saturated carbocycles. The molecule has 5 heteroatoms. The number of halogens is 1. The number of rotatable bonds is 2. The minimum atomic E-state index is -0.0246. The van der Waals surface area contributed by atoms with Crippen LogP contribution in [0.3, 0.4) is 0 Å². The van der Waals surface area contributed by atoms with E-state index in [-0.39, 0.29) is 16.7 Å². The molecule has 1 aromatic heterocycles. The van der Waals surface area contributed by atoms with E-state index in [0.717, 1.165) is 31.4 Å². The first-order chi connectivity index (χ1) is 11.7. The van der Waals surface area contributed by atoms with Gasteiger partial charge in [-0.25, -0.2) is 0 Å². The molecule has 1 aromatic carbocycles. The molecule has 0 radical (unpaired) electrons. The fourth-order valence-corrected chi connectivity index (χ4v) is 5.19. The SMILES string of the molecule is CC1(C)C[C@@H]2C[C@](C)(CN2C(=O)c2cc(-c3cccc(Cl)c3)on2)C1. The molecule has 1 amide bonds. The van der Waals surface area contributed by atoms with Crippen LogP contribution in [-0.2, 0) is 0 Å². The largest absolute Gasteiger partial charge is 0.355 e. The Balaban J connectivity index is 1.58. The molecular weight excluding hydrogens is 336 g/mol. The first-order valence-corrected chi connectivity index (χ1v) is 9.16. The number of nitrogens with zero attached hydrogens (tertiary/aromatic N) is 2. The summed E-state index contributed by atoms with van der Waals surface area (Å²) in [6, 6.07) is 9.39. The molecule has 0 N–H and O–H groups in total. The average Bonchev–Trinajstić information content (AvgIpc) is 3.08. The van der Waals surface area contributed by atoms with E-state index in [1.165, 1.54) is 0 Å². The smallest absolute Gasteiger partial charge is 0.276 e. The lowest BCUT2D eigenvalue weighted by Gasteiger charge is -2.39. The molecule has 25 heavy (non-hydrogen) atoms. The van der Waals surface area contributed by atoms with E-state index in [4.69, 9.17) is 16.1 Å². The summed E-state index contributed by atoms with van der Waals surface area (Å²) in [6.45, 7) is 7.71. The zero-order valence-corrected chi connectivity index (χ0v) is 15.6. The summed E-state index contributed by atoms with van der Waals surface area (Å²) in [5.74, 6) is 0.544. The van der Waals surface area contributed by atoms with Gasteiger partial charge < -0.3 is 9.42 Å². The molecule has 1 aliphatic heterocycles. The van der Waals surface area contributed by atoms with Crippen LogP contribution in [0.1, 0.15) is 50.5 Å². The summed E-state index contributed by atoms with van der Waals surface area (Å²) in [6.07, 6.45) is 3.29. The maximum Gasteiger partial charge on any atom is 0.276 e. The van der Waals surface area contributed by atoms with Gasteiger partial charge in [-0.2, -0.15) is 0 Å². The zero-order valence-electron chi connectivity index (χ0n) is 14.9. The lowest BCUT2D eigenvalue weighted by atomic mass is 9.65. The van der Waals surface area contributed by atoms with Crippen molar-refractivity contribution in [3.8, 4) is 11.3 Å². The highest BCUT2D eigenvalue weighted by Crippen LogP contribution is 2.52. The number of hydrogen-bond acceptors (Lipinski definition) is 3. The predicted octanol–water partition coefficient (Wildman–Crippen LogP) is 5.04. The molecule has 2 atom stereocenters. The van der Waals surface area contributed by atoms with Crippen LogP contribution in [0.25, 0.3) is 11.3 Å². The fourth-order valence-electron chi connectivity index (χ4n) is 5.00. The standard InChI is InChI=1S/C20H23ClN2O2/c1-19(2)9-15-10-20(3,11-19)12-23(15)18(24)16-8-17(25-22-16)13-5-4-6-14(21)7-13/h4-8,15H,9-12H2,1-3H3/t15-,20+/m1/s1. The highest BCUT2D eigenvalue weighted by atomic mass is 35.5. The number of aromatic nitrogens is 1. The molecule has 2 fully saturated rings. The van der Waals surface area contributed by atoms with Gasteiger partial charge in [0.1, 0.15) is 0 Å². The molecule has 4 rings (SSSR count). The van der Waals surface area contributed by atoms with Gasteiger partial charge in [0.15, 0.2) is 11.5 Å². The molecule has 1 saturated heterocycles.